The summed E-state index contributed by atoms with van der Waals surface area (Å²) in [7, 11) is 0. The summed E-state index contributed by atoms with van der Waals surface area (Å²) in [5.74, 6) is 1.14. The number of aromatic nitrogens is 3. The molecular weight excluding hydrogens is 326 g/mol. The van der Waals surface area contributed by atoms with Crippen LogP contribution in [0, 0.1) is 12.3 Å². The Hall–Kier alpha value is -2.21. The molecule has 1 N–H and O–H groups in total. The first-order chi connectivity index (χ1) is 12.7. The quantitative estimate of drug-likeness (QED) is 0.830. The highest BCUT2D eigenvalue weighted by Gasteiger charge is 2.44. The molecule has 1 aliphatic heterocycles. The van der Waals surface area contributed by atoms with E-state index in [0.717, 1.165) is 63.3 Å². The van der Waals surface area contributed by atoms with Gasteiger partial charge < -0.3 is 9.88 Å². The number of likely N-dealkylation sites (tertiary alicyclic amines) is 1. The molecule has 1 saturated carbocycles. The molecule has 2 aliphatic rings. The van der Waals surface area contributed by atoms with Crippen molar-refractivity contribution in [1.29, 1.82) is 0 Å². The number of aryl methyl sites for hydroxylation is 1. The Morgan fingerprint density at radius 3 is 2.73 bits per heavy atom. The second kappa shape index (κ2) is 7.19. The third-order valence-electron chi connectivity index (χ3n) is 5.78. The highest BCUT2D eigenvalue weighted by Crippen LogP contribution is 2.46. The third kappa shape index (κ3) is 3.65. The van der Waals surface area contributed by atoms with E-state index in [1.54, 1.807) is 6.20 Å². The van der Waals surface area contributed by atoms with Crippen molar-refractivity contribution < 1.29 is 4.79 Å². The molecule has 1 amide bonds. The molecule has 6 nitrogen and oxygen atoms in total. The summed E-state index contributed by atoms with van der Waals surface area (Å²) in [6.07, 6.45) is 12.1. The molecule has 0 unspecified atom stereocenters. The number of hydrogen-bond acceptors (Lipinski definition) is 4. The van der Waals surface area contributed by atoms with Crippen LogP contribution in [0.4, 0.5) is 0 Å². The number of rotatable bonds is 7. The highest BCUT2D eigenvalue weighted by molar-refractivity contribution is 5.83. The Morgan fingerprint density at radius 1 is 1.31 bits per heavy atom. The molecule has 0 radical (unpaired) electrons. The van der Waals surface area contributed by atoms with Crippen LogP contribution in [0.1, 0.15) is 43.1 Å². The Balaban J connectivity index is 1.43. The third-order valence-corrected chi connectivity index (χ3v) is 5.78. The van der Waals surface area contributed by atoms with Crippen LogP contribution < -0.4 is 5.32 Å². The monoisotopic (exact) mass is 353 g/mol. The van der Waals surface area contributed by atoms with E-state index < -0.39 is 0 Å². The number of carbonyl (C=O) groups excluding carboxylic acids is 1. The van der Waals surface area contributed by atoms with Crippen LogP contribution in [0.5, 0.6) is 0 Å². The maximum absolute atomic E-state index is 13.1. The number of nitrogens with zero attached hydrogens (tertiary/aromatic N) is 4. The summed E-state index contributed by atoms with van der Waals surface area (Å²) < 4.78 is 2.19. The summed E-state index contributed by atoms with van der Waals surface area (Å²) >= 11 is 0. The molecular formula is C20H27N5O. The van der Waals surface area contributed by atoms with E-state index in [0.29, 0.717) is 0 Å². The van der Waals surface area contributed by atoms with Gasteiger partial charge in [-0.05, 0) is 57.3 Å². The van der Waals surface area contributed by atoms with Crippen molar-refractivity contribution in [2.75, 3.05) is 19.6 Å². The number of imidazole rings is 1. The molecule has 0 bridgehead atoms. The van der Waals surface area contributed by atoms with Crippen molar-refractivity contribution in [2.24, 2.45) is 5.41 Å². The van der Waals surface area contributed by atoms with Crippen molar-refractivity contribution in [3.63, 3.8) is 0 Å². The van der Waals surface area contributed by atoms with Crippen molar-refractivity contribution in [3.8, 4) is 0 Å². The predicted octanol–water partition coefficient (Wildman–Crippen LogP) is 2.32. The summed E-state index contributed by atoms with van der Waals surface area (Å²) in [5, 5.41) is 3.25. The van der Waals surface area contributed by atoms with Gasteiger partial charge in [0, 0.05) is 43.3 Å². The van der Waals surface area contributed by atoms with Gasteiger partial charge in [0.15, 0.2) is 0 Å². The number of carbonyl (C=O) groups is 1. The lowest BCUT2D eigenvalue weighted by atomic mass is 10.0. The molecule has 0 spiro atoms. The van der Waals surface area contributed by atoms with Crippen LogP contribution in [-0.2, 0) is 11.3 Å². The van der Waals surface area contributed by atoms with Crippen molar-refractivity contribution in [3.05, 3.63) is 48.3 Å². The first-order valence-electron chi connectivity index (χ1n) is 9.56. The van der Waals surface area contributed by atoms with E-state index in [4.69, 9.17) is 0 Å². The minimum atomic E-state index is -0.225. The Bertz CT molecular complexity index is 747. The van der Waals surface area contributed by atoms with Gasteiger partial charge in [0.05, 0.1) is 0 Å². The molecule has 2 aromatic rings. The van der Waals surface area contributed by atoms with E-state index in [9.17, 15) is 4.79 Å². The van der Waals surface area contributed by atoms with Crippen LogP contribution in [-0.4, -0.2) is 45.0 Å². The summed E-state index contributed by atoms with van der Waals surface area (Å²) in [6.45, 7) is 5.65. The maximum Gasteiger partial charge on any atom is 0.242 e. The molecule has 2 aromatic heterocycles. The molecule has 138 valence electrons. The van der Waals surface area contributed by atoms with Gasteiger partial charge in [-0.15, -0.1) is 0 Å². The molecule has 1 atom stereocenters. The zero-order chi connectivity index (χ0) is 18.0. The van der Waals surface area contributed by atoms with Gasteiger partial charge >= 0.3 is 0 Å². The van der Waals surface area contributed by atoms with Gasteiger partial charge in [-0.3, -0.25) is 14.7 Å². The Labute approximate surface area is 154 Å². The SMILES string of the molecule is Cc1nccn1CC1(CNC(=O)[C@H](c2cccnc2)N2CCCC2)CC1. The number of amides is 1. The standard InChI is InChI=1S/C20H27N5O/c1-16-22-9-12-25(16)15-20(6-7-20)14-23-19(26)18(24-10-2-3-11-24)17-5-4-8-21-13-17/h4-5,8-9,12-13,18H,2-3,6-7,10-11,14-15H2,1H3,(H,23,26)/t18-/m0/s1. The average Bonchev–Trinajstić information content (AvgIpc) is 3.01. The minimum Gasteiger partial charge on any atom is -0.354 e. The fourth-order valence-corrected chi connectivity index (χ4v) is 3.94. The second-order valence-corrected chi connectivity index (χ2v) is 7.75. The molecule has 2 fully saturated rings. The van der Waals surface area contributed by atoms with Crippen molar-refractivity contribution in [2.45, 2.75) is 45.2 Å². The van der Waals surface area contributed by atoms with Crippen LogP contribution in [0.25, 0.3) is 0 Å². The van der Waals surface area contributed by atoms with Crippen LogP contribution in [0.3, 0.4) is 0 Å². The van der Waals surface area contributed by atoms with Gasteiger partial charge in [0.2, 0.25) is 5.91 Å². The smallest absolute Gasteiger partial charge is 0.242 e. The number of hydrogen-bond donors (Lipinski definition) is 1. The summed E-state index contributed by atoms with van der Waals surface area (Å²) in [6, 6.07) is 3.70. The first-order valence-corrected chi connectivity index (χ1v) is 9.56. The second-order valence-electron chi connectivity index (χ2n) is 7.75. The first kappa shape index (κ1) is 17.2. The molecule has 1 saturated heterocycles. The fourth-order valence-electron chi connectivity index (χ4n) is 3.94. The zero-order valence-electron chi connectivity index (χ0n) is 15.4. The average molecular weight is 353 g/mol. The normalized spacial score (nSPS) is 20.0. The molecule has 6 heteroatoms. The lowest BCUT2D eigenvalue weighted by molar-refractivity contribution is -0.126. The van der Waals surface area contributed by atoms with Crippen LogP contribution in [0.15, 0.2) is 36.9 Å². The van der Waals surface area contributed by atoms with E-state index in [-0.39, 0.29) is 17.4 Å². The Morgan fingerprint density at radius 2 is 2.12 bits per heavy atom. The zero-order valence-corrected chi connectivity index (χ0v) is 15.4. The van der Waals surface area contributed by atoms with E-state index in [1.807, 2.05) is 37.6 Å². The lowest BCUT2D eigenvalue weighted by Gasteiger charge is -2.27. The predicted molar refractivity (Wildman–Crippen MR) is 99.4 cm³/mol. The van der Waals surface area contributed by atoms with E-state index in [1.165, 1.54) is 0 Å². The van der Waals surface area contributed by atoms with Gasteiger partial charge in [0.1, 0.15) is 11.9 Å². The van der Waals surface area contributed by atoms with Crippen molar-refractivity contribution in [1.82, 2.24) is 24.8 Å². The van der Waals surface area contributed by atoms with Gasteiger partial charge in [-0.2, -0.15) is 0 Å². The Kier molecular flexibility index (Phi) is 4.76. The fraction of sp³-hybridized carbons (Fsp3) is 0.550. The summed E-state index contributed by atoms with van der Waals surface area (Å²) in [5.41, 5.74) is 1.17. The lowest BCUT2D eigenvalue weighted by Crippen LogP contribution is -2.42. The van der Waals surface area contributed by atoms with Gasteiger partial charge in [-0.25, -0.2) is 4.98 Å². The van der Waals surface area contributed by atoms with Gasteiger partial charge in [0.25, 0.3) is 0 Å². The minimum absolute atomic E-state index is 0.105. The molecule has 3 heterocycles. The largest absolute Gasteiger partial charge is 0.354 e. The highest BCUT2D eigenvalue weighted by atomic mass is 16.2. The van der Waals surface area contributed by atoms with Gasteiger partial charge in [-0.1, -0.05) is 6.07 Å². The number of pyridine rings is 1. The maximum atomic E-state index is 13.1. The van der Waals surface area contributed by atoms with Crippen LogP contribution >= 0.6 is 0 Å². The molecule has 0 aromatic carbocycles. The van der Waals surface area contributed by atoms with E-state index in [2.05, 4.69) is 24.8 Å². The van der Waals surface area contributed by atoms with Crippen LogP contribution in [0.2, 0.25) is 0 Å². The number of nitrogens with one attached hydrogen (secondary N) is 1. The molecule has 1 aliphatic carbocycles. The summed E-state index contributed by atoms with van der Waals surface area (Å²) in [4.78, 5) is 23.9. The van der Waals surface area contributed by atoms with Crippen molar-refractivity contribution >= 4 is 5.91 Å². The molecule has 26 heavy (non-hydrogen) atoms. The molecule has 4 rings (SSSR count). The topological polar surface area (TPSA) is 63.1 Å². The van der Waals surface area contributed by atoms with E-state index >= 15 is 0 Å².